The van der Waals surface area contributed by atoms with Crippen molar-refractivity contribution in [3.63, 3.8) is 0 Å². The molecule has 6 aliphatic rings. The summed E-state index contributed by atoms with van der Waals surface area (Å²) in [6.07, 6.45) is 16.6. The fourth-order valence-electron chi connectivity index (χ4n) is 8.04. The van der Waals surface area contributed by atoms with Crippen LogP contribution >= 0.6 is 0 Å². The van der Waals surface area contributed by atoms with E-state index < -0.39 is 0 Å². The van der Waals surface area contributed by atoms with Crippen molar-refractivity contribution >= 4 is 11.9 Å². The fourth-order valence-corrected chi connectivity index (χ4v) is 8.04. The minimum atomic E-state index is 0.100. The molecule has 1 heterocycles. The van der Waals surface area contributed by atoms with E-state index in [-0.39, 0.29) is 17.5 Å². The predicted molar refractivity (Wildman–Crippen MR) is 113 cm³/mol. The Balaban J connectivity index is 1.04. The summed E-state index contributed by atoms with van der Waals surface area (Å²) in [5, 5.41) is 6.56. The molecule has 5 saturated carbocycles. The third-order valence-electron chi connectivity index (χ3n) is 8.80. The van der Waals surface area contributed by atoms with Crippen LogP contribution in [-0.4, -0.2) is 41.5 Å². The Morgan fingerprint density at radius 3 is 2.28 bits per heavy atom. The van der Waals surface area contributed by atoms with Gasteiger partial charge in [-0.3, -0.25) is 4.79 Å². The van der Waals surface area contributed by atoms with Gasteiger partial charge in [0.2, 0.25) is 5.91 Å². The molecular formula is C24H39N3O2. The number of nitrogens with zero attached hydrogens (tertiary/aromatic N) is 1. The van der Waals surface area contributed by atoms with Gasteiger partial charge in [-0.1, -0.05) is 12.8 Å². The van der Waals surface area contributed by atoms with E-state index in [0.29, 0.717) is 24.9 Å². The Hall–Kier alpha value is -1.26. The van der Waals surface area contributed by atoms with Gasteiger partial charge >= 0.3 is 6.03 Å². The van der Waals surface area contributed by atoms with Gasteiger partial charge in [-0.15, -0.1) is 0 Å². The molecule has 0 spiro atoms. The molecule has 29 heavy (non-hydrogen) atoms. The molecule has 1 aliphatic heterocycles. The highest BCUT2D eigenvalue weighted by molar-refractivity contribution is 5.77. The van der Waals surface area contributed by atoms with Gasteiger partial charge in [0, 0.05) is 31.1 Å². The number of piperidine rings is 1. The lowest BCUT2D eigenvalue weighted by atomic mass is 9.53. The van der Waals surface area contributed by atoms with E-state index in [1.54, 1.807) is 0 Å². The molecular weight excluding hydrogens is 362 g/mol. The third-order valence-corrected chi connectivity index (χ3v) is 8.80. The number of urea groups is 1. The molecule has 6 rings (SSSR count). The van der Waals surface area contributed by atoms with Crippen molar-refractivity contribution in [1.82, 2.24) is 15.5 Å². The Morgan fingerprint density at radius 1 is 0.897 bits per heavy atom. The number of fused-ring (bicyclic) bond motifs is 1. The molecule has 1 saturated heterocycles. The zero-order valence-electron chi connectivity index (χ0n) is 18.0. The average molecular weight is 402 g/mol. The first-order valence-electron chi connectivity index (χ1n) is 12.5. The van der Waals surface area contributed by atoms with Crippen LogP contribution in [-0.2, 0) is 4.79 Å². The molecule has 5 heteroatoms. The molecule has 6 fully saturated rings. The van der Waals surface area contributed by atoms with E-state index in [0.717, 1.165) is 37.1 Å². The molecule has 2 unspecified atom stereocenters. The summed E-state index contributed by atoms with van der Waals surface area (Å²) in [5.41, 5.74) is 0.110. The Morgan fingerprint density at radius 2 is 1.55 bits per heavy atom. The first kappa shape index (κ1) is 19.7. The predicted octanol–water partition coefficient (Wildman–Crippen LogP) is 4.22. The molecule has 162 valence electrons. The molecule has 2 atom stereocenters. The van der Waals surface area contributed by atoms with Crippen LogP contribution in [0.1, 0.15) is 89.9 Å². The summed E-state index contributed by atoms with van der Waals surface area (Å²) in [7, 11) is 0. The maximum absolute atomic E-state index is 12.7. The second-order valence-electron chi connectivity index (χ2n) is 11.0. The standard InChI is InChI=1S/C24H39N3O2/c28-22(26-24-14-17-11-18(15-24)13-19(12-17)16-24)8-3-9-25-23(29)27-10-4-6-20-5-1-2-7-21(20)27/h17-21H,1-16H2,(H,25,29)(H,26,28). The summed E-state index contributed by atoms with van der Waals surface area (Å²) < 4.78 is 0. The molecule has 0 radical (unpaired) electrons. The van der Waals surface area contributed by atoms with Gasteiger partial charge in [0.1, 0.15) is 0 Å². The molecule has 0 aromatic carbocycles. The lowest BCUT2D eigenvalue weighted by molar-refractivity contribution is -0.126. The van der Waals surface area contributed by atoms with Crippen LogP contribution < -0.4 is 10.6 Å². The van der Waals surface area contributed by atoms with Gasteiger partial charge in [-0.25, -0.2) is 4.79 Å². The number of hydrogen-bond donors (Lipinski definition) is 2. The van der Waals surface area contributed by atoms with Crippen LogP contribution in [0, 0.1) is 23.7 Å². The minimum Gasteiger partial charge on any atom is -0.351 e. The smallest absolute Gasteiger partial charge is 0.317 e. The zero-order chi connectivity index (χ0) is 19.8. The first-order chi connectivity index (χ1) is 14.1. The Bertz CT molecular complexity index is 596. The number of carbonyl (C=O) groups is 2. The van der Waals surface area contributed by atoms with Crippen LogP contribution in [0.15, 0.2) is 0 Å². The van der Waals surface area contributed by atoms with Crippen LogP contribution in [0.25, 0.3) is 0 Å². The van der Waals surface area contributed by atoms with Crippen molar-refractivity contribution < 1.29 is 9.59 Å². The van der Waals surface area contributed by atoms with Gasteiger partial charge in [0.05, 0.1) is 0 Å². The summed E-state index contributed by atoms with van der Waals surface area (Å²) in [4.78, 5) is 27.4. The highest BCUT2D eigenvalue weighted by Gasteiger charge is 2.51. The summed E-state index contributed by atoms with van der Waals surface area (Å²) in [6.45, 7) is 1.51. The Kier molecular flexibility index (Phi) is 5.51. The molecule has 2 N–H and O–H groups in total. The maximum Gasteiger partial charge on any atom is 0.317 e. The largest absolute Gasteiger partial charge is 0.351 e. The van der Waals surface area contributed by atoms with Crippen LogP contribution in [0.3, 0.4) is 0 Å². The van der Waals surface area contributed by atoms with Crippen LogP contribution in [0.4, 0.5) is 4.79 Å². The van der Waals surface area contributed by atoms with Gasteiger partial charge in [0.15, 0.2) is 0 Å². The van der Waals surface area contributed by atoms with Crippen molar-refractivity contribution in [3.05, 3.63) is 0 Å². The number of rotatable bonds is 5. The molecule has 0 aromatic rings. The third kappa shape index (κ3) is 4.16. The summed E-state index contributed by atoms with van der Waals surface area (Å²) >= 11 is 0. The summed E-state index contributed by atoms with van der Waals surface area (Å²) in [5.74, 6) is 3.48. The van der Waals surface area contributed by atoms with Gasteiger partial charge < -0.3 is 15.5 Å². The van der Waals surface area contributed by atoms with Gasteiger partial charge in [-0.05, 0) is 94.3 Å². The van der Waals surface area contributed by atoms with E-state index in [4.69, 9.17) is 0 Å². The number of nitrogens with one attached hydrogen (secondary N) is 2. The van der Waals surface area contributed by atoms with Crippen molar-refractivity contribution in [2.24, 2.45) is 23.7 Å². The van der Waals surface area contributed by atoms with Crippen LogP contribution in [0.2, 0.25) is 0 Å². The van der Waals surface area contributed by atoms with Crippen molar-refractivity contribution in [3.8, 4) is 0 Å². The highest BCUT2D eigenvalue weighted by Crippen LogP contribution is 2.55. The van der Waals surface area contributed by atoms with Crippen molar-refractivity contribution in [1.29, 1.82) is 0 Å². The molecule has 5 nitrogen and oxygen atoms in total. The Labute approximate surface area is 175 Å². The lowest BCUT2D eigenvalue weighted by Gasteiger charge is -2.56. The molecule has 3 amide bonds. The van der Waals surface area contributed by atoms with E-state index in [2.05, 4.69) is 15.5 Å². The lowest BCUT2D eigenvalue weighted by Crippen LogP contribution is -2.59. The SMILES string of the molecule is O=C(CCCNC(=O)N1CCCC2CCCCC21)NC12CC3CC(CC(C3)C1)C2. The monoisotopic (exact) mass is 401 g/mol. The number of carbonyl (C=O) groups excluding carboxylic acids is 2. The van der Waals surface area contributed by atoms with Gasteiger partial charge in [0.25, 0.3) is 0 Å². The summed E-state index contributed by atoms with van der Waals surface area (Å²) in [6, 6.07) is 0.556. The normalized spacial score (nSPS) is 40.4. The van der Waals surface area contributed by atoms with Crippen LogP contribution in [0.5, 0.6) is 0 Å². The number of hydrogen-bond acceptors (Lipinski definition) is 2. The quantitative estimate of drug-likeness (QED) is 0.678. The van der Waals surface area contributed by atoms with E-state index in [1.807, 2.05) is 0 Å². The van der Waals surface area contributed by atoms with E-state index >= 15 is 0 Å². The molecule has 0 aromatic heterocycles. The minimum absolute atomic E-state index is 0.100. The maximum atomic E-state index is 12.7. The highest BCUT2D eigenvalue weighted by atomic mass is 16.2. The van der Waals surface area contributed by atoms with Crippen molar-refractivity contribution in [2.45, 2.75) is 101 Å². The van der Waals surface area contributed by atoms with E-state index in [1.165, 1.54) is 70.6 Å². The second kappa shape index (κ2) is 8.11. The first-order valence-corrected chi connectivity index (χ1v) is 12.5. The van der Waals surface area contributed by atoms with Crippen molar-refractivity contribution in [2.75, 3.05) is 13.1 Å². The van der Waals surface area contributed by atoms with E-state index in [9.17, 15) is 9.59 Å². The fraction of sp³-hybridized carbons (Fsp3) is 0.917. The average Bonchev–Trinajstić information content (AvgIpc) is 2.69. The topological polar surface area (TPSA) is 61.4 Å². The zero-order valence-corrected chi connectivity index (χ0v) is 18.0. The molecule has 4 bridgehead atoms. The van der Waals surface area contributed by atoms with Gasteiger partial charge in [-0.2, -0.15) is 0 Å². The molecule has 5 aliphatic carbocycles. The number of likely N-dealkylation sites (tertiary alicyclic amines) is 1. The second-order valence-corrected chi connectivity index (χ2v) is 11.0. The number of amides is 3.